The fourth-order valence-corrected chi connectivity index (χ4v) is 3.60. The van der Waals surface area contributed by atoms with Gasteiger partial charge in [0.1, 0.15) is 0 Å². The van der Waals surface area contributed by atoms with Crippen LogP contribution in [0.4, 0.5) is 0 Å². The summed E-state index contributed by atoms with van der Waals surface area (Å²) in [4.78, 5) is 26.2. The van der Waals surface area contributed by atoms with Crippen molar-refractivity contribution in [2.24, 2.45) is 0 Å². The van der Waals surface area contributed by atoms with Crippen LogP contribution < -0.4 is 11.2 Å². The number of fused-ring (bicyclic) bond motifs is 1. The van der Waals surface area contributed by atoms with Crippen molar-refractivity contribution < 1.29 is 0 Å². The summed E-state index contributed by atoms with van der Waals surface area (Å²) in [6.45, 7) is 0.639. The van der Waals surface area contributed by atoms with Crippen LogP contribution in [-0.2, 0) is 19.5 Å². The van der Waals surface area contributed by atoms with Gasteiger partial charge in [-0.15, -0.1) is 0 Å². The molecule has 0 aliphatic carbocycles. The zero-order valence-electron chi connectivity index (χ0n) is 15.2. The molecule has 0 N–H and O–H groups in total. The van der Waals surface area contributed by atoms with Gasteiger partial charge in [-0.1, -0.05) is 72.3 Å². The summed E-state index contributed by atoms with van der Waals surface area (Å²) in [6, 6.07) is 24.5. The maximum atomic E-state index is 13.2. The number of para-hydroxylation sites is 1. The van der Waals surface area contributed by atoms with Crippen LogP contribution in [0.1, 0.15) is 11.1 Å². The minimum atomic E-state index is -0.320. The van der Waals surface area contributed by atoms with Gasteiger partial charge in [-0.25, -0.2) is 4.79 Å². The lowest BCUT2D eigenvalue weighted by molar-refractivity contribution is 0.590. The van der Waals surface area contributed by atoms with Crippen LogP contribution in [0.3, 0.4) is 0 Å². The van der Waals surface area contributed by atoms with Crippen molar-refractivity contribution in [2.75, 3.05) is 0 Å². The van der Waals surface area contributed by atoms with Gasteiger partial charge in [-0.2, -0.15) is 0 Å². The molecule has 0 radical (unpaired) electrons. The molecule has 0 aliphatic rings. The molecule has 0 spiro atoms. The molecule has 1 aromatic heterocycles. The Labute approximate surface area is 167 Å². The quantitative estimate of drug-likeness (QED) is 0.514. The SMILES string of the molecule is O=c1c2ccccc2n(Cc2ccccc2Cl)c(=O)n1CCc1ccccc1. The summed E-state index contributed by atoms with van der Waals surface area (Å²) in [6.07, 6.45) is 0.612. The Balaban J connectivity index is 1.83. The molecule has 3 aromatic carbocycles. The lowest BCUT2D eigenvalue weighted by Gasteiger charge is -2.15. The fraction of sp³-hybridized carbons (Fsp3) is 0.130. The van der Waals surface area contributed by atoms with Gasteiger partial charge in [0.25, 0.3) is 5.56 Å². The van der Waals surface area contributed by atoms with E-state index in [0.29, 0.717) is 35.4 Å². The van der Waals surface area contributed by atoms with E-state index >= 15 is 0 Å². The number of aromatic nitrogens is 2. The molecule has 4 rings (SSSR count). The van der Waals surface area contributed by atoms with Crippen molar-refractivity contribution in [1.29, 1.82) is 0 Å². The first-order valence-corrected chi connectivity index (χ1v) is 9.52. The first kappa shape index (κ1) is 18.3. The van der Waals surface area contributed by atoms with E-state index in [1.54, 1.807) is 22.8 Å². The molecule has 4 nitrogen and oxygen atoms in total. The minimum Gasteiger partial charge on any atom is -0.289 e. The van der Waals surface area contributed by atoms with Crippen LogP contribution in [0.15, 0.2) is 88.5 Å². The lowest BCUT2D eigenvalue weighted by atomic mass is 10.1. The lowest BCUT2D eigenvalue weighted by Crippen LogP contribution is -2.40. The van der Waals surface area contributed by atoms with Crippen molar-refractivity contribution in [3.63, 3.8) is 0 Å². The number of halogens is 1. The number of hydrogen-bond acceptors (Lipinski definition) is 2. The van der Waals surface area contributed by atoms with Crippen LogP contribution in [0.2, 0.25) is 5.02 Å². The summed E-state index contributed by atoms with van der Waals surface area (Å²) in [5.74, 6) is 0. The van der Waals surface area contributed by atoms with Gasteiger partial charge in [0.2, 0.25) is 0 Å². The summed E-state index contributed by atoms with van der Waals surface area (Å²) >= 11 is 6.31. The molecule has 5 heteroatoms. The summed E-state index contributed by atoms with van der Waals surface area (Å²) in [5.41, 5.74) is 1.96. The molecule has 0 bridgehead atoms. The predicted molar refractivity (Wildman–Crippen MR) is 113 cm³/mol. The molecule has 0 atom stereocenters. The van der Waals surface area contributed by atoms with Crippen molar-refractivity contribution in [3.05, 3.63) is 116 Å². The highest BCUT2D eigenvalue weighted by atomic mass is 35.5. The number of aryl methyl sites for hydroxylation is 1. The molecule has 0 unspecified atom stereocenters. The molecule has 0 aliphatic heterocycles. The third-order valence-electron chi connectivity index (χ3n) is 4.89. The van der Waals surface area contributed by atoms with Gasteiger partial charge in [-0.3, -0.25) is 13.9 Å². The number of nitrogens with zero attached hydrogens (tertiary/aromatic N) is 2. The minimum absolute atomic E-state index is 0.257. The molecular formula is C23H19ClN2O2. The van der Waals surface area contributed by atoms with E-state index in [1.165, 1.54) is 4.57 Å². The highest BCUT2D eigenvalue weighted by molar-refractivity contribution is 6.31. The zero-order chi connectivity index (χ0) is 19.5. The third kappa shape index (κ3) is 3.51. The number of hydrogen-bond donors (Lipinski definition) is 0. The van der Waals surface area contributed by atoms with Crippen molar-refractivity contribution >= 4 is 22.5 Å². The smallest absolute Gasteiger partial charge is 0.289 e. The van der Waals surface area contributed by atoms with Crippen molar-refractivity contribution in [1.82, 2.24) is 9.13 Å². The maximum Gasteiger partial charge on any atom is 0.331 e. The molecule has 0 saturated carbocycles. The van der Waals surface area contributed by atoms with E-state index in [1.807, 2.05) is 60.7 Å². The van der Waals surface area contributed by atoms with Crippen molar-refractivity contribution in [2.45, 2.75) is 19.5 Å². The second-order valence-corrected chi connectivity index (χ2v) is 7.08. The van der Waals surface area contributed by atoms with E-state index in [-0.39, 0.29) is 11.2 Å². The molecule has 0 saturated heterocycles. The Morgan fingerprint density at radius 3 is 2.21 bits per heavy atom. The number of rotatable bonds is 5. The first-order chi connectivity index (χ1) is 13.6. The van der Waals surface area contributed by atoms with Crippen LogP contribution in [-0.4, -0.2) is 9.13 Å². The molecule has 0 amide bonds. The highest BCUT2D eigenvalue weighted by Crippen LogP contribution is 2.17. The summed E-state index contributed by atoms with van der Waals surface area (Å²) in [5, 5.41) is 1.13. The maximum absolute atomic E-state index is 13.2. The first-order valence-electron chi connectivity index (χ1n) is 9.15. The van der Waals surface area contributed by atoms with Crippen molar-refractivity contribution in [3.8, 4) is 0 Å². The Hall–Kier alpha value is -3.11. The fourth-order valence-electron chi connectivity index (χ4n) is 3.40. The second kappa shape index (κ2) is 7.87. The van der Waals surface area contributed by atoms with Gasteiger partial charge < -0.3 is 0 Å². The third-order valence-corrected chi connectivity index (χ3v) is 5.25. The van der Waals surface area contributed by atoms with Gasteiger partial charge in [0, 0.05) is 11.6 Å². The standard InChI is InChI=1S/C23H19ClN2O2/c24-20-12-6-4-10-18(20)16-26-21-13-7-5-11-19(21)22(27)25(23(26)28)15-14-17-8-2-1-3-9-17/h1-13H,14-16H2. The molecule has 1 heterocycles. The van der Waals surface area contributed by atoms with E-state index in [0.717, 1.165) is 11.1 Å². The van der Waals surface area contributed by atoms with E-state index in [2.05, 4.69) is 0 Å². The largest absolute Gasteiger partial charge is 0.331 e. The molecule has 140 valence electrons. The topological polar surface area (TPSA) is 44.0 Å². The van der Waals surface area contributed by atoms with Crippen LogP contribution in [0.25, 0.3) is 10.9 Å². The highest BCUT2D eigenvalue weighted by Gasteiger charge is 2.14. The van der Waals surface area contributed by atoms with Gasteiger partial charge in [-0.05, 0) is 35.7 Å². The average Bonchev–Trinajstić information content (AvgIpc) is 2.73. The van der Waals surface area contributed by atoms with Crippen LogP contribution in [0.5, 0.6) is 0 Å². The molecular weight excluding hydrogens is 372 g/mol. The summed E-state index contributed by atoms with van der Waals surface area (Å²) in [7, 11) is 0. The molecule has 4 aromatic rings. The Morgan fingerprint density at radius 2 is 1.43 bits per heavy atom. The van der Waals surface area contributed by atoms with Gasteiger partial charge in [0.05, 0.1) is 17.4 Å². The van der Waals surface area contributed by atoms with Gasteiger partial charge >= 0.3 is 5.69 Å². The van der Waals surface area contributed by atoms with E-state index in [4.69, 9.17) is 11.6 Å². The zero-order valence-corrected chi connectivity index (χ0v) is 16.0. The van der Waals surface area contributed by atoms with Crippen LogP contribution >= 0.6 is 11.6 Å². The Bertz CT molecular complexity index is 1240. The normalized spacial score (nSPS) is 11.0. The number of benzene rings is 3. The monoisotopic (exact) mass is 390 g/mol. The molecule has 28 heavy (non-hydrogen) atoms. The predicted octanol–water partition coefficient (Wildman–Crippen LogP) is 4.11. The average molecular weight is 391 g/mol. The van der Waals surface area contributed by atoms with Crippen LogP contribution in [0, 0.1) is 0 Å². The molecule has 0 fully saturated rings. The second-order valence-electron chi connectivity index (χ2n) is 6.67. The van der Waals surface area contributed by atoms with E-state index < -0.39 is 0 Å². The van der Waals surface area contributed by atoms with Gasteiger partial charge in [0.15, 0.2) is 0 Å². The summed E-state index contributed by atoms with van der Waals surface area (Å²) < 4.78 is 2.95. The Kier molecular flexibility index (Phi) is 5.13. The van der Waals surface area contributed by atoms with E-state index in [9.17, 15) is 9.59 Å². The Morgan fingerprint density at radius 1 is 0.750 bits per heavy atom.